The molecular weight excluding hydrogens is 508 g/mol. The number of carbonyl (C=O) groups excluding carboxylic acids is 2. The third kappa shape index (κ3) is 5.26. The number of nitrogens with zero attached hydrogens (tertiary/aromatic N) is 3. The van der Waals surface area contributed by atoms with E-state index in [1.165, 1.54) is 24.5 Å². The molecule has 0 atom stereocenters. The monoisotopic (exact) mass is 530 g/mol. The maximum absolute atomic E-state index is 12.7. The van der Waals surface area contributed by atoms with Crippen molar-refractivity contribution in [1.82, 2.24) is 5.01 Å². The molecule has 0 aliphatic carbocycles. The van der Waals surface area contributed by atoms with Crippen molar-refractivity contribution >= 4 is 54.9 Å². The van der Waals surface area contributed by atoms with Crippen molar-refractivity contribution in [3.05, 3.63) is 53.5 Å². The van der Waals surface area contributed by atoms with Crippen molar-refractivity contribution in [2.75, 3.05) is 12.4 Å². The molecule has 188 valence electrons. The van der Waals surface area contributed by atoms with Crippen molar-refractivity contribution in [2.45, 2.75) is 20.8 Å². The number of esters is 1. The average molecular weight is 531 g/mol. The van der Waals surface area contributed by atoms with Gasteiger partial charge in [0.25, 0.3) is 5.91 Å². The van der Waals surface area contributed by atoms with Crippen molar-refractivity contribution in [3.63, 3.8) is 0 Å². The normalized spacial score (nSPS) is 16.8. The van der Waals surface area contributed by atoms with Crippen LogP contribution in [0.1, 0.15) is 36.9 Å². The molecule has 36 heavy (non-hydrogen) atoms. The topological polar surface area (TPSA) is 152 Å². The van der Waals surface area contributed by atoms with Gasteiger partial charge < -0.3 is 13.9 Å². The number of rotatable bonds is 7. The summed E-state index contributed by atoms with van der Waals surface area (Å²) in [4.78, 5) is 28.9. The standard InChI is InChI=1S/C23H22N4O7S2/c1-4-32-18-11-14(7-8-16(18)34-21(29)17-6-5-9-33-17)10-15-19(24)27-22(25-20(15)28)35-23(26-27)36(30,31)12-13(2)3/h5-11,13,24H,4,12H2,1-3H3. The second-order valence-corrected chi connectivity index (χ2v) is 11.2. The van der Waals surface area contributed by atoms with Gasteiger partial charge in [0.1, 0.15) is 0 Å². The van der Waals surface area contributed by atoms with Crippen LogP contribution in [-0.2, 0) is 14.6 Å². The molecule has 3 heterocycles. The first kappa shape index (κ1) is 25.4. The fourth-order valence-electron chi connectivity index (χ4n) is 3.29. The van der Waals surface area contributed by atoms with Gasteiger partial charge >= 0.3 is 5.97 Å². The summed E-state index contributed by atoms with van der Waals surface area (Å²) in [5.74, 6) is -1.53. The number of hydrogen-bond donors (Lipinski definition) is 1. The number of benzene rings is 1. The predicted molar refractivity (Wildman–Crippen MR) is 135 cm³/mol. The molecule has 0 saturated heterocycles. The molecular formula is C23H22N4O7S2. The molecule has 0 spiro atoms. The minimum Gasteiger partial charge on any atom is -0.490 e. The first-order chi connectivity index (χ1) is 17.1. The molecule has 0 saturated carbocycles. The molecule has 13 heteroatoms. The van der Waals surface area contributed by atoms with E-state index < -0.39 is 21.7 Å². The molecule has 4 rings (SSSR count). The summed E-state index contributed by atoms with van der Waals surface area (Å²) in [6.45, 7) is 5.58. The molecule has 0 fully saturated rings. The van der Waals surface area contributed by atoms with Crippen molar-refractivity contribution in [3.8, 4) is 11.5 Å². The lowest BCUT2D eigenvalue weighted by molar-refractivity contribution is -0.114. The zero-order valence-electron chi connectivity index (χ0n) is 19.5. The van der Waals surface area contributed by atoms with Crippen LogP contribution in [0.5, 0.6) is 11.5 Å². The highest BCUT2D eigenvalue weighted by molar-refractivity contribution is 8.42. The van der Waals surface area contributed by atoms with Gasteiger partial charge in [0.15, 0.2) is 17.3 Å². The zero-order chi connectivity index (χ0) is 26.0. The van der Waals surface area contributed by atoms with Gasteiger partial charge in [-0.3, -0.25) is 10.2 Å². The highest BCUT2D eigenvalue weighted by Crippen LogP contribution is 2.33. The fraction of sp³-hybridized carbons (Fsp3) is 0.261. The number of sulfone groups is 1. The van der Waals surface area contributed by atoms with Gasteiger partial charge in [-0.1, -0.05) is 19.9 Å². The van der Waals surface area contributed by atoms with E-state index in [9.17, 15) is 18.0 Å². The van der Waals surface area contributed by atoms with Gasteiger partial charge in [-0.05, 0) is 60.5 Å². The Morgan fingerprint density at radius 2 is 2.06 bits per heavy atom. The first-order valence-electron chi connectivity index (χ1n) is 10.8. The fourth-order valence-corrected chi connectivity index (χ4v) is 6.08. The van der Waals surface area contributed by atoms with Crippen molar-refractivity contribution in [1.29, 1.82) is 5.41 Å². The van der Waals surface area contributed by atoms with Crippen LogP contribution in [0.2, 0.25) is 0 Å². The van der Waals surface area contributed by atoms with Crippen molar-refractivity contribution in [2.24, 2.45) is 16.0 Å². The molecule has 1 N–H and O–H groups in total. The van der Waals surface area contributed by atoms with Crippen LogP contribution in [0.4, 0.5) is 0 Å². The van der Waals surface area contributed by atoms with Gasteiger partial charge in [-0.25, -0.2) is 13.2 Å². The zero-order valence-corrected chi connectivity index (χ0v) is 21.2. The predicted octanol–water partition coefficient (Wildman–Crippen LogP) is 3.54. The third-order valence-electron chi connectivity index (χ3n) is 4.76. The Morgan fingerprint density at radius 3 is 2.72 bits per heavy atom. The lowest BCUT2D eigenvalue weighted by Gasteiger charge is -2.20. The van der Waals surface area contributed by atoms with E-state index in [2.05, 4.69) is 10.1 Å². The second kappa shape index (κ2) is 10.1. The van der Waals surface area contributed by atoms with E-state index in [4.69, 9.17) is 19.3 Å². The number of amidine groups is 2. The van der Waals surface area contributed by atoms with Gasteiger partial charge in [0.05, 0.1) is 24.2 Å². The summed E-state index contributed by atoms with van der Waals surface area (Å²) in [7, 11) is -3.68. The van der Waals surface area contributed by atoms with Gasteiger partial charge in [-0.15, -0.1) is 5.10 Å². The average Bonchev–Trinajstić information content (AvgIpc) is 3.48. The number of ether oxygens (including phenoxy) is 2. The molecule has 11 nitrogen and oxygen atoms in total. The molecule has 2 aliphatic rings. The summed E-state index contributed by atoms with van der Waals surface area (Å²) < 4.78 is 40.9. The van der Waals surface area contributed by atoms with E-state index in [0.717, 1.165) is 16.8 Å². The number of thioether (sulfide) groups is 1. The van der Waals surface area contributed by atoms with Crippen LogP contribution in [-0.4, -0.2) is 53.0 Å². The number of hydrazone groups is 1. The quantitative estimate of drug-likeness (QED) is 0.322. The number of fused-ring (bicyclic) bond motifs is 1. The number of nitrogens with one attached hydrogen (secondary N) is 1. The SMILES string of the molecule is CCOc1cc(C=C2C(=N)N3N=C(S(=O)(=O)CC(C)C)SC3=NC2=O)ccc1OC(=O)c1ccco1. The minimum atomic E-state index is -3.68. The molecule has 1 aromatic heterocycles. The summed E-state index contributed by atoms with van der Waals surface area (Å²) in [6.07, 6.45) is 2.76. The molecule has 2 aromatic rings. The van der Waals surface area contributed by atoms with E-state index in [-0.39, 0.29) is 56.5 Å². The van der Waals surface area contributed by atoms with E-state index >= 15 is 0 Å². The lowest BCUT2D eigenvalue weighted by Crippen LogP contribution is -2.35. The summed E-state index contributed by atoms with van der Waals surface area (Å²) >= 11 is 0.748. The smallest absolute Gasteiger partial charge is 0.379 e. The van der Waals surface area contributed by atoms with Crippen LogP contribution in [0, 0.1) is 11.3 Å². The lowest BCUT2D eigenvalue weighted by atomic mass is 10.1. The highest BCUT2D eigenvalue weighted by Gasteiger charge is 2.39. The highest BCUT2D eigenvalue weighted by atomic mass is 32.3. The summed E-state index contributed by atoms with van der Waals surface area (Å²) in [5, 5.41) is 13.6. The summed E-state index contributed by atoms with van der Waals surface area (Å²) in [5.41, 5.74) is 0.375. The number of amides is 1. The molecule has 1 aromatic carbocycles. The second-order valence-electron chi connectivity index (χ2n) is 8.07. The van der Waals surface area contributed by atoms with E-state index in [1.807, 2.05) is 0 Å². The van der Waals surface area contributed by atoms with Gasteiger partial charge in [0, 0.05) is 0 Å². The molecule has 0 unspecified atom stereocenters. The molecule has 2 aliphatic heterocycles. The Kier molecular flexibility index (Phi) is 7.13. The maximum Gasteiger partial charge on any atom is 0.379 e. The Labute approximate surface area is 211 Å². The summed E-state index contributed by atoms with van der Waals surface area (Å²) in [6, 6.07) is 7.63. The van der Waals surface area contributed by atoms with Gasteiger partial charge in [-0.2, -0.15) is 10.0 Å². The first-order valence-corrected chi connectivity index (χ1v) is 13.3. The third-order valence-corrected chi connectivity index (χ3v) is 8.19. The minimum absolute atomic E-state index is 0.0136. The number of carbonyl (C=O) groups is 2. The Morgan fingerprint density at radius 1 is 1.28 bits per heavy atom. The molecule has 0 bridgehead atoms. The van der Waals surface area contributed by atoms with Crippen molar-refractivity contribution < 1.29 is 31.9 Å². The van der Waals surface area contributed by atoms with Crippen LogP contribution in [0.25, 0.3) is 6.08 Å². The Hall–Kier alpha value is -3.71. The largest absolute Gasteiger partial charge is 0.490 e. The van der Waals surface area contributed by atoms with Crippen LogP contribution in [0.15, 0.2) is 56.7 Å². The number of furan rings is 1. The Bertz CT molecular complexity index is 1420. The van der Waals surface area contributed by atoms with Crippen LogP contribution in [0.3, 0.4) is 0 Å². The van der Waals surface area contributed by atoms with Crippen LogP contribution < -0.4 is 9.47 Å². The Balaban J connectivity index is 1.61. The number of hydrogen-bond acceptors (Lipinski definition) is 10. The molecule has 1 amide bonds. The van der Waals surface area contributed by atoms with E-state index in [0.29, 0.717) is 5.56 Å². The van der Waals surface area contributed by atoms with Gasteiger partial charge in [0.2, 0.25) is 25.1 Å². The molecule has 0 radical (unpaired) electrons. The van der Waals surface area contributed by atoms with Crippen LogP contribution >= 0.6 is 11.8 Å². The maximum atomic E-state index is 12.7. The number of aliphatic imine (C=N–C) groups is 1. The van der Waals surface area contributed by atoms with E-state index in [1.54, 1.807) is 39.0 Å².